The summed E-state index contributed by atoms with van der Waals surface area (Å²) in [6.07, 6.45) is 0.506. The highest BCUT2D eigenvalue weighted by Crippen LogP contribution is 2.49. The Hall–Kier alpha value is -4.46. The normalized spacial score (nSPS) is 14.0. The molecular weight excluding hydrogens is 592 g/mol. The van der Waals surface area contributed by atoms with E-state index in [2.05, 4.69) is 5.32 Å². The number of benzene rings is 4. The molecule has 4 aromatic carbocycles. The number of anilines is 1. The summed E-state index contributed by atoms with van der Waals surface area (Å²) in [6, 6.07) is 33.3. The summed E-state index contributed by atoms with van der Waals surface area (Å²) < 4.78 is 15.8. The van der Waals surface area contributed by atoms with Crippen LogP contribution in [0.3, 0.4) is 0 Å². The van der Waals surface area contributed by atoms with Gasteiger partial charge < -0.3 is 9.47 Å². The summed E-state index contributed by atoms with van der Waals surface area (Å²) in [4.78, 5) is 26.5. The molecule has 0 unspecified atom stereocenters. The number of esters is 1. The van der Waals surface area contributed by atoms with Crippen molar-refractivity contribution in [2.75, 3.05) is 11.9 Å². The molecule has 8 heteroatoms. The average molecular weight is 623 g/mol. The van der Waals surface area contributed by atoms with Crippen LogP contribution in [-0.2, 0) is 19.7 Å². The van der Waals surface area contributed by atoms with E-state index >= 15 is 0 Å². The van der Waals surface area contributed by atoms with Crippen molar-refractivity contribution >= 4 is 40.9 Å². The van der Waals surface area contributed by atoms with Crippen LogP contribution in [0.4, 0.5) is 10.5 Å². The maximum absolute atomic E-state index is 13.2. The Bertz CT molecular complexity index is 1780. The monoisotopic (exact) mass is 622 g/mol. The standard InChI is InChI=1S/C36H31ClN2O4S/c1-3-42-34(40)36(21-22-36)28-19-17-25(18-20-28)24-13-15-27(16-14-24)33-32(31(39-44-33)26-9-5-4-6-10-26)38-35(41)43-23(2)29-11-7-8-12-30(29)37/h4-20,23H,3,21-22H2,1-2H3,(H,38,41)/t23-/m1/s1. The lowest BCUT2D eigenvalue weighted by atomic mass is 9.93. The number of aromatic nitrogens is 1. The van der Waals surface area contributed by atoms with Crippen molar-refractivity contribution < 1.29 is 19.1 Å². The van der Waals surface area contributed by atoms with Crippen molar-refractivity contribution in [3.63, 3.8) is 0 Å². The van der Waals surface area contributed by atoms with Crippen LogP contribution in [0.2, 0.25) is 5.02 Å². The first-order chi connectivity index (χ1) is 21.4. The van der Waals surface area contributed by atoms with E-state index in [0.717, 1.165) is 51.1 Å². The molecule has 6 rings (SSSR count). The summed E-state index contributed by atoms with van der Waals surface area (Å²) in [6.45, 7) is 4.01. The molecule has 0 spiro atoms. The Morgan fingerprint density at radius 3 is 2.11 bits per heavy atom. The molecule has 1 heterocycles. The highest BCUT2D eigenvalue weighted by atomic mass is 35.5. The number of hydrogen-bond donors (Lipinski definition) is 1. The van der Waals surface area contributed by atoms with Gasteiger partial charge in [0.1, 0.15) is 11.8 Å². The SMILES string of the molecule is CCOC(=O)C1(c2ccc(-c3ccc(-c4snc(-c5ccccc5)c4NC(=O)O[C@H](C)c4ccccc4Cl)cc3)cc2)CC1. The van der Waals surface area contributed by atoms with E-state index in [4.69, 9.17) is 25.4 Å². The number of ether oxygens (including phenoxy) is 2. The molecule has 1 aliphatic carbocycles. The van der Waals surface area contributed by atoms with Gasteiger partial charge in [0.05, 0.1) is 22.6 Å². The largest absolute Gasteiger partial charge is 0.465 e. The van der Waals surface area contributed by atoms with Crippen molar-refractivity contribution in [3.05, 3.63) is 119 Å². The number of carbonyl (C=O) groups excluding carboxylic acids is 2. The van der Waals surface area contributed by atoms with E-state index in [-0.39, 0.29) is 5.97 Å². The fourth-order valence-electron chi connectivity index (χ4n) is 5.36. The second kappa shape index (κ2) is 12.6. The average Bonchev–Trinajstić information content (AvgIpc) is 3.76. The van der Waals surface area contributed by atoms with Crippen LogP contribution in [0, 0.1) is 0 Å². The first kappa shape index (κ1) is 29.6. The van der Waals surface area contributed by atoms with Crippen molar-refractivity contribution in [3.8, 4) is 32.8 Å². The number of nitrogens with one attached hydrogen (secondary N) is 1. The van der Waals surface area contributed by atoms with Crippen LogP contribution in [0.1, 0.15) is 43.9 Å². The topological polar surface area (TPSA) is 77.5 Å². The molecule has 0 saturated heterocycles. The van der Waals surface area contributed by atoms with E-state index in [1.54, 1.807) is 13.0 Å². The minimum Gasteiger partial charge on any atom is -0.465 e. The fraction of sp³-hybridized carbons (Fsp3) is 0.194. The maximum Gasteiger partial charge on any atom is 0.412 e. The summed E-state index contributed by atoms with van der Waals surface area (Å²) in [5.74, 6) is -0.136. The van der Waals surface area contributed by atoms with Gasteiger partial charge in [-0.25, -0.2) is 4.79 Å². The number of halogens is 1. The molecule has 1 N–H and O–H groups in total. The molecule has 1 aliphatic rings. The summed E-state index contributed by atoms with van der Waals surface area (Å²) in [7, 11) is 0. The van der Waals surface area contributed by atoms with Crippen LogP contribution in [0.25, 0.3) is 32.8 Å². The quantitative estimate of drug-likeness (QED) is 0.166. The molecule has 44 heavy (non-hydrogen) atoms. The van der Waals surface area contributed by atoms with Gasteiger partial charge in [-0.05, 0) is 66.5 Å². The number of carbonyl (C=O) groups is 2. The zero-order chi connectivity index (χ0) is 30.7. The maximum atomic E-state index is 13.2. The summed E-state index contributed by atoms with van der Waals surface area (Å²) in [5.41, 5.74) is 6.38. The van der Waals surface area contributed by atoms with Gasteiger partial charge in [0.2, 0.25) is 0 Å². The molecule has 5 aromatic rings. The van der Waals surface area contributed by atoms with Crippen LogP contribution in [-0.4, -0.2) is 23.0 Å². The molecule has 0 radical (unpaired) electrons. The Kier molecular flexibility index (Phi) is 8.51. The first-order valence-corrected chi connectivity index (χ1v) is 15.7. The predicted octanol–water partition coefficient (Wildman–Crippen LogP) is 9.70. The highest BCUT2D eigenvalue weighted by molar-refractivity contribution is 7.10. The zero-order valence-electron chi connectivity index (χ0n) is 24.4. The van der Waals surface area contributed by atoms with E-state index in [0.29, 0.717) is 23.0 Å². The lowest BCUT2D eigenvalue weighted by Crippen LogP contribution is -2.23. The van der Waals surface area contributed by atoms with Gasteiger partial charge in [-0.1, -0.05) is 109 Å². The smallest absolute Gasteiger partial charge is 0.412 e. The molecule has 1 aromatic heterocycles. The van der Waals surface area contributed by atoms with Crippen LogP contribution < -0.4 is 5.32 Å². The number of amides is 1. The molecule has 1 fully saturated rings. The summed E-state index contributed by atoms with van der Waals surface area (Å²) in [5, 5.41) is 3.51. The third-order valence-electron chi connectivity index (χ3n) is 7.93. The van der Waals surface area contributed by atoms with Crippen LogP contribution in [0.5, 0.6) is 0 Å². The fourth-order valence-corrected chi connectivity index (χ4v) is 6.51. The Balaban J connectivity index is 1.25. The molecule has 222 valence electrons. The summed E-state index contributed by atoms with van der Waals surface area (Å²) >= 11 is 7.65. The minimum absolute atomic E-state index is 0.136. The molecule has 0 bridgehead atoms. The van der Waals surface area contributed by atoms with E-state index < -0.39 is 17.6 Å². The minimum atomic E-state index is -0.594. The second-order valence-electron chi connectivity index (χ2n) is 10.8. The lowest BCUT2D eigenvalue weighted by molar-refractivity contribution is -0.146. The van der Waals surface area contributed by atoms with Crippen molar-refractivity contribution in [1.29, 1.82) is 0 Å². The Morgan fingerprint density at radius 2 is 1.48 bits per heavy atom. The Labute approximate surface area is 265 Å². The second-order valence-corrected chi connectivity index (χ2v) is 11.9. The Morgan fingerprint density at radius 1 is 0.864 bits per heavy atom. The van der Waals surface area contributed by atoms with Crippen molar-refractivity contribution in [2.24, 2.45) is 0 Å². The first-order valence-electron chi connectivity index (χ1n) is 14.6. The van der Waals surface area contributed by atoms with Gasteiger partial charge in [-0.15, -0.1) is 0 Å². The van der Waals surface area contributed by atoms with Gasteiger partial charge in [-0.3, -0.25) is 10.1 Å². The number of rotatable bonds is 9. The zero-order valence-corrected chi connectivity index (χ0v) is 26.0. The van der Waals surface area contributed by atoms with Crippen LogP contribution >= 0.6 is 23.1 Å². The molecule has 1 amide bonds. The lowest BCUT2D eigenvalue weighted by Gasteiger charge is -2.16. The molecular formula is C36H31ClN2O4S. The van der Waals surface area contributed by atoms with Gasteiger partial charge in [0.15, 0.2) is 0 Å². The predicted molar refractivity (Wildman–Crippen MR) is 176 cm³/mol. The van der Waals surface area contributed by atoms with E-state index in [1.165, 1.54) is 11.5 Å². The molecule has 1 saturated carbocycles. The number of hydrogen-bond acceptors (Lipinski definition) is 6. The van der Waals surface area contributed by atoms with Crippen molar-refractivity contribution in [2.45, 2.75) is 38.2 Å². The third-order valence-corrected chi connectivity index (χ3v) is 9.17. The number of nitrogens with zero attached hydrogens (tertiary/aromatic N) is 1. The van der Waals surface area contributed by atoms with Gasteiger partial charge in [0.25, 0.3) is 0 Å². The van der Waals surface area contributed by atoms with Gasteiger partial charge in [-0.2, -0.15) is 4.37 Å². The van der Waals surface area contributed by atoms with E-state index in [1.807, 2.05) is 104 Å². The molecule has 1 atom stereocenters. The third kappa shape index (κ3) is 5.98. The van der Waals surface area contributed by atoms with Crippen LogP contribution in [0.15, 0.2) is 103 Å². The molecule has 0 aliphatic heterocycles. The van der Waals surface area contributed by atoms with Gasteiger partial charge >= 0.3 is 12.1 Å². The van der Waals surface area contributed by atoms with Crippen molar-refractivity contribution in [1.82, 2.24) is 4.37 Å². The molecule has 6 nitrogen and oxygen atoms in total. The van der Waals surface area contributed by atoms with Gasteiger partial charge in [0, 0.05) is 16.1 Å². The highest BCUT2D eigenvalue weighted by Gasteiger charge is 2.52. The van der Waals surface area contributed by atoms with E-state index in [9.17, 15) is 9.59 Å².